The lowest BCUT2D eigenvalue weighted by Gasteiger charge is -2.07. The van der Waals surface area contributed by atoms with E-state index in [1.54, 1.807) is 13.2 Å². The van der Waals surface area contributed by atoms with Crippen molar-refractivity contribution >= 4 is 11.8 Å². The third kappa shape index (κ3) is 6.62. The highest BCUT2D eigenvalue weighted by atomic mass is 16.5. The Morgan fingerprint density at radius 1 is 0.962 bits per heavy atom. The predicted octanol–water partition coefficient (Wildman–Crippen LogP) is 1.40. The maximum absolute atomic E-state index is 12.0. The second-order valence-electron chi connectivity index (χ2n) is 5.47. The number of hydrogen-bond donors (Lipinski definition) is 2. The highest BCUT2D eigenvalue weighted by Crippen LogP contribution is 2.02. The molecule has 1 aromatic carbocycles. The molecule has 0 atom stereocenters. The SMILES string of the molecule is COCCNC(=O)c1ccc(C(=O)NCCOCc2ccccc2)cn1. The van der Waals surface area contributed by atoms with Gasteiger partial charge in [0.2, 0.25) is 0 Å². The summed E-state index contributed by atoms with van der Waals surface area (Å²) in [6.07, 6.45) is 1.38. The Morgan fingerprint density at radius 3 is 2.38 bits per heavy atom. The van der Waals surface area contributed by atoms with Gasteiger partial charge in [-0.2, -0.15) is 0 Å². The summed E-state index contributed by atoms with van der Waals surface area (Å²) in [5.74, 6) is -0.560. The van der Waals surface area contributed by atoms with Crippen LogP contribution >= 0.6 is 0 Å². The van der Waals surface area contributed by atoms with E-state index in [1.165, 1.54) is 12.3 Å². The molecule has 0 spiro atoms. The molecule has 0 aliphatic heterocycles. The number of carbonyl (C=O) groups is 2. The summed E-state index contributed by atoms with van der Waals surface area (Å²) in [5.41, 5.74) is 1.73. The fraction of sp³-hybridized carbons (Fsp3) is 0.316. The predicted molar refractivity (Wildman–Crippen MR) is 96.9 cm³/mol. The number of benzene rings is 1. The summed E-state index contributed by atoms with van der Waals surface area (Å²) in [5, 5.41) is 5.42. The molecule has 26 heavy (non-hydrogen) atoms. The second-order valence-corrected chi connectivity index (χ2v) is 5.47. The van der Waals surface area contributed by atoms with Gasteiger partial charge in [0.25, 0.3) is 11.8 Å². The summed E-state index contributed by atoms with van der Waals surface area (Å²) >= 11 is 0. The molecule has 2 rings (SSSR count). The van der Waals surface area contributed by atoms with E-state index in [0.717, 1.165) is 5.56 Å². The van der Waals surface area contributed by atoms with E-state index in [9.17, 15) is 9.59 Å². The Morgan fingerprint density at radius 2 is 1.69 bits per heavy atom. The number of hydrogen-bond acceptors (Lipinski definition) is 5. The van der Waals surface area contributed by atoms with Crippen molar-refractivity contribution < 1.29 is 19.1 Å². The second kappa shape index (κ2) is 11.0. The standard InChI is InChI=1S/C19H23N3O4/c1-25-11-9-21-19(24)17-8-7-16(13-22-17)18(23)20-10-12-26-14-15-5-3-2-4-6-15/h2-8,13H,9-12,14H2,1H3,(H,20,23)(H,21,24). The van der Waals surface area contributed by atoms with Crippen molar-refractivity contribution in [2.45, 2.75) is 6.61 Å². The molecule has 0 unspecified atom stereocenters. The molecule has 1 heterocycles. The molecule has 0 saturated carbocycles. The number of nitrogens with one attached hydrogen (secondary N) is 2. The molecule has 7 nitrogen and oxygen atoms in total. The van der Waals surface area contributed by atoms with Gasteiger partial charge in [-0.3, -0.25) is 14.6 Å². The maximum atomic E-state index is 12.0. The number of carbonyl (C=O) groups excluding carboxylic acids is 2. The molecule has 2 aromatic rings. The van der Waals surface area contributed by atoms with Crippen LogP contribution in [0.4, 0.5) is 0 Å². The minimum atomic E-state index is -0.302. The van der Waals surface area contributed by atoms with Gasteiger partial charge in [-0.05, 0) is 17.7 Å². The molecular weight excluding hydrogens is 334 g/mol. The lowest BCUT2D eigenvalue weighted by Crippen LogP contribution is -2.29. The van der Waals surface area contributed by atoms with Crippen molar-refractivity contribution in [1.82, 2.24) is 15.6 Å². The minimum Gasteiger partial charge on any atom is -0.383 e. The molecule has 1 aromatic heterocycles. The van der Waals surface area contributed by atoms with Crippen LogP contribution in [-0.4, -0.2) is 50.2 Å². The Labute approximate surface area is 152 Å². The van der Waals surface area contributed by atoms with Crippen LogP contribution in [0.5, 0.6) is 0 Å². The quantitative estimate of drug-likeness (QED) is 0.628. The minimum absolute atomic E-state index is 0.254. The first kappa shape index (κ1) is 19.6. The normalized spacial score (nSPS) is 10.3. The number of ether oxygens (including phenoxy) is 2. The monoisotopic (exact) mass is 357 g/mol. The third-order valence-electron chi connectivity index (χ3n) is 3.49. The largest absolute Gasteiger partial charge is 0.383 e. The average Bonchev–Trinajstić information content (AvgIpc) is 2.68. The molecule has 138 valence electrons. The van der Waals surface area contributed by atoms with Crippen molar-refractivity contribution in [2.75, 3.05) is 33.4 Å². The van der Waals surface area contributed by atoms with Gasteiger partial charge < -0.3 is 20.1 Å². The zero-order chi connectivity index (χ0) is 18.6. The van der Waals surface area contributed by atoms with Gasteiger partial charge in [0.05, 0.1) is 25.4 Å². The smallest absolute Gasteiger partial charge is 0.269 e. The molecule has 0 bridgehead atoms. The van der Waals surface area contributed by atoms with Gasteiger partial charge in [0.15, 0.2) is 0 Å². The van der Waals surface area contributed by atoms with Crippen LogP contribution in [-0.2, 0) is 16.1 Å². The van der Waals surface area contributed by atoms with Gasteiger partial charge >= 0.3 is 0 Å². The number of pyridine rings is 1. The molecular formula is C19H23N3O4. The molecule has 0 fully saturated rings. The van der Waals surface area contributed by atoms with Crippen LogP contribution in [0.1, 0.15) is 26.4 Å². The molecule has 0 radical (unpaired) electrons. The molecule has 2 amide bonds. The fourth-order valence-corrected chi connectivity index (χ4v) is 2.12. The lowest BCUT2D eigenvalue weighted by molar-refractivity contribution is 0.0897. The molecule has 0 aliphatic carbocycles. The van der Waals surface area contributed by atoms with Crippen LogP contribution in [0.15, 0.2) is 48.7 Å². The molecule has 0 aliphatic rings. The van der Waals surface area contributed by atoms with E-state index < -0.39 is 0 Å². The van der Waals surface area contributed by atoms with E-state index in [1.807, 2.05) is 30.3 Å². The van der Waals surface area contributed by atoms with Gasteiger partial charge in [-0.25, -0.2) is 0 Å². The number of methoxy groups -OCH3 is 1. The Hall–Kier alpha value is -2.77. The fourth-order valence-electron chi connectivity index (χ4n) is 2.12. The summed E-state index contributed by atoms with van der Waals surface area (Å²) in [6.45, 7) is 2.14. The first-order chi connectivity index (χ1) is 12.7. The van der Waals surface area contributed by atoms with Crippen LogP contribution < -0.4 is 10.6 Å². The summed E-state index contributed by atoms with van der Waals surface area (Å²) in [4.78, 5) is 27.9. The average molecular weight is 357 g/mol. The van der Waals surface area contributed by atoms with Gasteiger partial charge in [-0.15, -0.1) is 0 Å². The van der Waals surface area contributed by atoms with Gasteiger partial charge in [0.1, 0.15) is 5.69 Å². The van der Waals surface area contributed by atoms with Crippen molar-refractivity contribution in [3.63, 3.8) is 0 Å². The zero-order valence-electron chi connectivity index (χ0n) is 14.7. The summed E-state index contributed by atoms with van der Waals surface area (Å²) in [7, 11) is 1.56. The zero-order valence-corrected chi connectivity index (χ0v) is 14.7. The van der Waals surface area contributed by atoms with Crippen molar-refractivity contribution in [3.05, 3.63) is 65.5 Å². The van der Waals surface area contributed by atoms with E-state index in [0.29, 0.717) is 38.5 Å². The lowest BCUT2D eigenvalue weighted by atomic mass is 10.2. The molecule has 7 heteroatoms. The Kier molecular flexibility index (Phi) is 8.25. The first-order valence-electron chi connectivity index (χ1n) is 8.34. The van der Waals surface area contributed by atoms with Crippen LogP contribution in [0, 0.1) is 0 Å². The molecule has 0 saturated heterocycles. The van der Waals surface area contributed by atoms with Gasteiger partial charge in [-0.1, -0.05) is 30.3 Å². The van der Waals surface area contributed by atoms with E-state index in [2.05, 4.69) is 15.6 Å². The van der Waals surface area contributed by atoms with Crippen LogP contribution in [0.25, 0.3) is 0 Å². The van der Waals surface area contributed by atoms with Crippen LogP contribution in [0.3, 0.4) is 0 Å². The van der Waals surface area contributed by atoms with Crippen molar-refractivity contribution in [3.8, 4) is 0 Å². The Balaban J connectivity index is 1.69. The number of aromatic nitrogens is 1. The third-order valence-corrected chi connectivity index (χ3v) is 3.49. The van der Waals surface area contributed by atoms with Gasteiger partial charge in [0, 0.05) is 26.4 Å². The highest BCUT2D eigenvalue weighted by Gasteiger charge is 2.09. The molecule has 2 N–H and O–H groups in total. The Bertz CT molecular complexity index is 690. The number of nitrogens with zero attached hydrogens (tertiary/aromatic N) is 1. The van der Waals surface area contributed by atoms with Crippen molar-refractivity contribution in [1.29, 1.82) is 0 Å². The summed E-state index contributed by atoms with van der Waals surface area (Å²) in [6, 6.07) is 12.9. The van der Waals surface area contributed by atoms with Crippen LogP contribution in [0.2, 0.25) is 0 Å². The number of rotatable bonds is 10. The van der Waals surface area contributed by atoms with Crippen molar-refractivity contribution in [2.24, 2.45) is 0 Å². The number of amides is 2. The first-order valence-corrected chi connectivity index (χ1v) is 8.34. The topological polar surface area (TPSA) is 89.5 Å². The summed E-state index contributed by atoms with van der Waals surface area (Å²) < 4.78 is 10.4. The van der Waals surface area contributed by atoms with E-state index in [4.69, 9.17) is 9.47 Å². The van der Waals surface area contributed by atoms with E-state index in [-0.39, 0.29) is 17.5 Å². The van der Waals surface area contributed by atoms with E-state index >= 15 is 0 Å². The maximum Gasteiger partial charge on any atom is 0.269 e. The highest BCUT2D eigenvalue weighted by molar-refractivity contribution is 5.96.